The van der Waals surface area contributed by atoms with Crippen LogP contribution in [0.3, 0.4) is 0 Å². The average molecular weight is 283 g/mol. The van der Waals surface area contributed by atoms with E-state index in [1.165, 1.54) is 6.26 Å². The number of sulfone groups is 1. The van der Waals surface area contributed by atoms with Gasteiger partial charge in [0.15, 0.2) is 21.3 Å². The Morgan fingerprint density at radius 2 is 2.00 bits per heavy atom. The van der Waals surface area contributed by atoms with Crippen LogP contribution < -0.4 is 9.47 Å². The third-order valence-corrected chi connectivity index (χ3v) is 3.85. The van der Waals surface area contributed by atoms with Crippen LogP contribution in [0, 0.1) is 0 Å². The van der Waals surface area contributed by atoms with E-state index in [1.54, 1.807) is 25.5 Å². The Bertz CT molecular complexity index is 601. The van der Waals surface area contributed by atoms with Crippen LogP contribution >= 0.6 is 0 Å². The molecule has 2 rings (SSSR count). The van der Waals surface area contributed by atoms with Crippen LogP contribution in [-0.4, -0.2) is 40.4 Å². The molecule has 0 radical (unpaired) electrons. The first kappa shape index (κ1) is 13.9. The third kappa shape index (κ3) is 3.07. The summed E-state index contributed by atoms with van der Waals surface area (Å²) in [7, 11) is -1.54. The zero-order chi connectivity index (χ0) is 14.1. The molecule has 0 aliphatic carbocycles. The molecule has 104 valence electrons. The Hall–Kier alpha value is -1.56. The lowest BCUT2D eigenvalue weighted by atomic mass is 9.99. The highest BCUT2D eigenvalue weighted by atomic mass is 32.2. The maximum Gasteiger partial charge on any atom is 0.161 e. The fourth-order valence-electron chi connectivity index (χ4n) is 2.00. The summed E-state index contributed by atoms with van der Waals surface area (Å²) in [6.07, 6.45) is 2.87. The lowest BCUT2D eigenvalue weighted by Crippen LogP contribution is -2.23. The van der Waals surface area contributed by atoms with Gasteiger partial charge >= 0.3 is 0 Å². The van der Waals surface area contributed by atoms with Crippen molar-refractivity contribution in [1.29, 1.82) is 0 Å². The smallest absolute Gasteiger partial charge is 0.161 e. The Morgan fingerprint density at radius 1 is 1.32 bits per heavy atom. The van der Waals surface area contributed by atoms with Gasteiger partial charge in [-0.1, -0.05) is 6.07 Å². The van der Waals surface area contributed by atoms with Crippen LogP contribution in [0.4, 0.5) is 0 Å². The Balaban J connectivity index is 2.33. The van der Waals surface area contributed by atoms with E-state index in [1.807, 2.05) is 13.0 Å². The summed E-state index contributed by atoms with van der Waals surface area (Å²) in [5, 5.41) is 0. The molecule has 1 aliphatic heterocycles. The number of nitrogens with zero attached hydrogens (tertiary/aromatic N) is 1. The van der Waals surface area contributed by atoms with Crippen molar-refractivity contribution in [2.45, 2.75) is 12.5 Å². The number of rotatable bonds is 6. The van der Waals surface area contributed by atoms with Gasteiger partial charge in [0, 0.05) is 12.5 Å². The first-order valence-corrected chi connectivity index (χ1v) is 8.02. The summed E-state index contributed by atoms with van der Waals surface area (Å²) >= 11 is 0. The summed E-state index contributed by atoms with van der Waals surface area (Å²) in [5.74, 6) is 1.21. The molecule has 6 heteroatoms. The lowest BCUT2D eigenvalue weighted by Gasteiger charge is -2.16. The molecule has 0 N–H and O–H groups in total. The molecule has 1 heterocycles. The lowest BCUT2D eigenvalue weighted by molar-refractivity contribution is 0.310. The number of methoxy groups -OCH3 is 1. The van der Waals surface area contributed by atoms with Gasteiger partial charge in [0.25, 0.3) is 0 Å². The highest BCUT2D eigenvalue weighted by Gasteiger charge is 2.42. The zero-order valence-electron chi connectivity index (χ0n) is 11.2. The molecule has 1 aromatic rings. The second-order valence-corrected chi connectivity index (χ2v) is 6.69. The molecule has 0 saturated carbocycles. The van der Waals surface area contributed by atoms with Crippen LogP contribution in [0.5, 0.6) is 11.5 Å². The van der Waals surface area contributed by atoms with Gasteiger partial charge in [-0.3, -0.25) is 4.99 Å². The molecule has 1 unspecified atom stereocenters. The number of ether oxygens (including phenoxy) is 2. The quantitative estimate of drug-likeness (QED) is 0.792. The van der Waals surface area contributed by atoms with Gasteiger partial charge in [-0.15, -0.1) is 0 Å². The van der Waals surface area contributed by atoms with Gasteiger partial charge in [0.05, 0.1) is 19.5 Å². The van der Waals surface area contributed by atoms with E-state index in [-0.39, 0.29) is 5.75 Å². The minimum Gasteiger partial charge on any atom is -0.493 e. The van der Waals surface area contributed by atoms with Crippen molar-refractivity contribution in [3.63, 3.8) is 0 Å². The Kier molecular flexibility index (Phi) is 3.54. The van der Waals surface area contributed by atoms with Crippen molar-refractivity contribution in [3.05, 3.63) is 23.8 Å². The van der Waals surface area contributed by atoms with Crippen molar-refractivity contribution >= 4 is 16.1 Å². The molecule has 0 fully saturated rings. The van der Waals surface area contributed by atoms with Crippen LogP contribution in [0.2, 0.25) is 0 Å². The number of hydrogen-bond donors (Lipinski definition) is 0. The summed E-state index contributed by atoms with van der Waals surface area (Å²) < 4.78 is 33.6. The van der Waals surface area contributed by atoms with Gasteiger partial charge in [0.1, 0.15) is 5.54 Å². The van der Waals surface area contributed by atoms with Gasteiger partial charge in [-0.2, -0.15) is 0 Å². The van der Waals surface area contributed by atoms with Crippen molar-refractivity contribution in [2.75, 3.05) is 25.7 Å². The van der Waals surface area contributed by atoms with Crippen LogP contribution in [0.1, 0.15) is 12.5 Å². The minimum atomic E-state index is -3.11. The fraction of sp³-hybridized carbons (Fsp3) is 0.462. The van der Waals surface area contributed by atoms with Crippen LogP contribution in [0.15, 0.2) is 23.2 Å². The van der Waals surface area contributed by atoms with E-state index in [0.717, 1.165) is 5.56 Å². The Morgan fingerprint density at radius 3 is 2.47 bits per heavy atom. The molecule has 19 heavy (non-hydrogen) atoms. The molecule has 1 aromatic carbocycles. The van der Waals surface area contributed by atoms with E-state index < -0.39 is 15.4 Å². The Labute approximate surface area is 113 Å². The second kappa shape index (κ2) is 4.85. The van der Waals surface area contributed by atoms with E-state index in [0.29, 0.717) is 18.1 Å². The first-order valence-electron chi connectivity index (χ1n) is 5.95. The summed E-state index contributed by atoms with van der Waals surface area (Å²) in [4.78, 5) is 4.15. The number of hydrogen-bond acceptors (Lipinski definition) is 5. The molecular weight excluding hydrogens is 266 g/mol. The standard InChI is InChI=1S/C13H17NO4S/c1-4-18-12-7-10(5-6-11(12)17-2)13(8-14-13)9-19(3,15)16/h5-8H,4,9H2,1-3H3. The largest absolute Gasteiger partial charge is 0.493 e. The summed E-state index contributed by atoms with van der Waals surface area (Å²) in [6, 6.07) is 5.38. The number of benzene rings is 1. The van der Waals surface area contributed by atoms with Crippen molar-refractivity contribution in [3.8, 4) is 11.5 Å². The molecule has 1 atom stereocenters. The molecule has 0 spiro atoms. The first-order chi connectivity index (χ1) is 8.90. The van der Waals surface area contributed by atoms with Crippen LogP contribution in [0.25, 0.3) is 0 Å². The van der Waals surface area contributed by atoms with Crippen molar-refractivity contribution in [2.24, 2.45) is 4.99 Å². The van der Waals surface area contributed by atoms with E-state index in [9.17, 15) is 8.42 Å². The van der Waals surface area contributed by atoms with Crippen molar-refractivity contribution in [1.82, 2.24) is 0 Å². The topological polar surface area (TPSA) is 65.0 Å². The molecule has 0 bridgehead atoms. The SMILES string of the molecule is CCOc1cc(C2(CS(C)(=O)=O)C=N2)ccc1OC. The van der Waals surface area contributed by atoms with E-state index in [4.69, 9.17) is 9.47 Å². The average Bonchev–Trinajstić information content (AvgIpc) is 3.08. The molecule has 0 aromatic heterocycles. The predicted molar refractivity (Wildman–Crippen MR) is 74.0 cm³/mol. The van der Waals surface area contributed by atoms with E-state index in [2.05, 4.69) is 4.99 Å². The van der Waals surface area contributed by atoms with Gasteiger partial charge < -0.3 is 9.47 Å². The second-order valence-electron chi connectivity index (χ2n) is 4.55. The maximum absolute atomic E-state index is 11.5. The van der Waals surface area contributed by atoms with Gasteiger partial charge in [0.2, 0.25) is 0 Å². The normalized spacial score (nSPS) is 21.2. The van der Waals surface area contributed by atoms with Gasteiger partial charge in [-0.05, 0) is 24.6 Å². The highest BCUT2D eigenvalue weighted by molar-refractivity contribution is 7.90. The molecule has 0 amide bonds. The van der Waals surface area contributed by atoms with E-state index >= 15 is 0 Å². The molecule has 0 saturated heterocycles. The van der Waals surface area contributed by atoms with Crippen LogP contribution in [-0.2, 0) is 15.4 Å². The van der Waals surface area contributed by atoms with Gasteiger partial charge in [-0.25, -0.2) is 8.42 Å². The minimum absolute atomic E-state index is 0.0160. The predicted octanol–water partition coefficient (Wildman–Crippen LogP) is 1.42. The zero-order valence-corrected chi connectivity index (χ0v) is 12.0. The highest BCUT2D eigenvalue weighted by Crippen LogP contribution is 2.39. The monoisotopic (exact) mass is 283 g/mol. The third-order valence-electron chi connectivity index (χ3n) is 2.89. The fourth-order valence-corrected chi connectivity index (χ4v) is 3.11. The number of aliphatic imine (C=N–C) groups is 1. The maximum atomic E-state index is 11.5. The summed E-state index contributed by atoms with van der Waals surface area (Å²) in [6.45, 7) is 2.39. The van der Waals surface area contributed by atoms with Crippen molar-refractivity contribution < 1.29 is 17.9 Å². The molecule has 1 aliphatic rings. The molecule has 5 nitrogen and oxygen atoms in total. The molecular formula is C13H17NO4S. The summed E-state index contributed by atoms with van der Waals surface area (Å²) in [5.41, 5.74) is 0.0910.